The van der Waals surface area contributed by atoms with Crippen molar-refractivity contribution in [3.63, 3.8) is 0 Å². The van der Waals surface area contributed by atoms with E-state index in [1.165, 1.54) is 6.07 Å². The summed E-state index contributed by atoms with van der Waals surface area (Å²) in [6.07, 6.45) is 1.02. The van der Waals surface area contributed by atoms with Crippen LogP contribution in [0.4, 0.5) is 5.69 Å². The van der Waals surface area contributed by atoms with Crippen molar-refractivity contribution in [3.05, 3.63) is 32.5 Å². The van der Waals surface area contributed by atoms with Crippen molar-refractivity contribution in [2.45, 2.75) is 26.4 Å². The summed E-state index contributed by atoms with van der Waals surface area (Å²) in [4.78, 5) is 25.5. The van der Waals surface area contributed by atoms with Gasteiger partial charge in [-0.1, -0.05) is 0 Å². The zero-order valence-electron chi connectivity index (χ0n) is 9.56. The van der Waals surface area contributed by atoms with Gasteiger partial charge in [-0.2, -0.15) is 0 Å². The van der Waals surface area contributed by atoms with Crippen molar-refractivity contribution in [1.29, 1.82) is 0 Å². The van der Waals surface area contributed by atoms with Crippen molar-refractivity contribution in [3.8, 4) is 0 Å². The summed E-state index contributed by atoms with van der Waals surface area (Å²) in [5.41, 5.74) is -1.20. The van der Waals surface area contributed by atoms with Crippen molar-refractivity contribution < 1.29 is 14.5 Å². The van der Waals surface area contributed by atoms with Gasteiger partial charge in [-0.3, -0.25) is 10.1 Å². The lowest BCUT2D eigenvalue weighted by atomic mass is 10.2. The minimum atomic E-state index is -0.743. The SMILES string of the molecule is CC(C)(C)OC(=O)c1cc(Br)ncc1[N+](=O)[O-]. The van der Waals surface area contributed by atoms with Gasteiger partial charge < -0.3 is 4.74 Å². The summed E-state index contributed by atoms with van der Waals surface area (Å²) in [5.74, 6) is -0.743. The van der Waals surface area contributed by atoms with Gasteiger partial charge in [0.25, 0.3) is 0 Å². The van der Waals surface area contributed by atoms with Gasteiger partial charge in [0.1, 0.15) is 22.0 Å². The van der Waals surface area contributed by atoms with E-state index in [-0.39, 0.29) is 11.3 Å². The molecular formula is C10H11BrN2O4. The second kappa shape index (κ2) is 4.79. The lowest BCUT2D eigenvalue weighted by molar-refractivity contribution is -0.385. The monoisotopic (exact) mass is 302 g/mol. The fraction of sp³-hybridized carbons (Fsp3) is 0.400. The average molecular weight is 303 g/mol. The molecule has 92 valence electrons. The van der Waals surface area contributed by atoms with Gasteiger partial charge in [0, 0.05) is 0 Å². The van der Waals surface area contributed by atoms with Crippen molar-refractivity contribution in [1.82, 2.24) is 4.98 Å². The predicted molar refractivity (Wildman–Crippen MR) is 63.8 cm³/mol. The quantitative estimate of drug-likeness (QED) is 0.363. The Labute approximate surface area is 106 Å². The maximum absolute atomic E-state index is 11.8. The van der Waals surface area contributed by atoms with Crippen LogP contribution in [0.1, 0.15) is 31.1 Å². The fourth-order valence-electron chi connectivity index (χ4n) is 1.06. The van der Waals surface area contributed by atoms with Gasteiger partial charge in [-0.15, -0.1) is 0 Å². The smallest absolute Gasteiger partial charge is 0.345 e. The van der Waals surface area contributed by atoms with E-state index in [1.54, 1.807) is 20.8 Å². The number of rotatable bonds is 2. The molecule has 0 spiro atoms. The number of nitrogens with zero attached hydrogens (tertiary/aromatic N) is 2. The number of carbonyl (C=O) groups excluding carboxylic acids is 1. The van der Waals surface area contributed by atoms with Crippen LogP contribution in [0.2, 0.25) is 0 Å². The molecule has 0 aliphatic rings. The summed E-state index contributed by atoms with van der Waals surface area (Å²) in [6.45, 7) is 5.06. The molecule has 0 unspecified atom stereocenters. The molecule has 1 aromatic rings. The summed E-state index contributed by atoms with van der Waals surface area (Å²) in [5, 5.41) is 10.7. The molecule has 17 heavy (non-hydrogen) atoms. The van der Waals surface area contributed by atoms with Gasteiger partial charge in [0.15, 0.2) is 0 Å². The average Bonchev–Trinajstić information content (AvgIpc) is 2.14. The van der Waals surface area contributed by atoms with Crippen LogP contribution in [0.3, 0.4) is 0 Å². The van der Waals surface area contributed by atoms with Crippen LogP contribution in [0.15, 0.2) is 16.9 Å². The minimum Gasteiger partial charge on any atom is -0.456 e. The summed E-state index contributed by atoms with van der Waals surface area (Å²) in [7, 11) is 0. The van der Waals surface area contributed by atoms with Gasteiger partial charge in [-0.25, -0.2) is 9.78 Å². The van der Waals surface area contributed by atoms with E-state index in [2.05, 4.69) is 20.9 Å². The Balaban J connectivity index is 3.16. The molecule has 1 rings (SSSR count). The first-order valence-electron chi connectivity index (χ1n) is 4.74. The molecule has 0 aliphatic heterocycles. The molecule has 1 heterocycles. The third kappa shape index (κ3) is 3.77. The highest BCUT2D eigenvalue weighted by Crippen LogP contribution is 2.23. The van der Waals surface area contributed by atoms with Crippen LogP contribution in [0, 0.1) is 10.1 Å². The molecule has 1 aromatic heterocycles. The molecule has 0 N–H and O–H groups in total. The molecule has 0 saturated heterocycles. The predicted octanol–water partition coefficient (Wildman–Crippen LogP) is 2.71. The standard InChI is InChI=1S/C10H11BrN2O4/c1-10(2,3)17-9(14)6-4-8(11)12-5-7(6)13(15)16/h4-5H,1-3H3. The van der Waals surface area contributed by atoms with E-state index in [9.17, 15) is 14.9 Å². The van der Waals surface area contributed by atoms with Gasteiger partial charge in [-0.05, 0) is 42.8 Å². The Kier molecular flexibility index (Phi) is 3.82. The molecule has 0 aromatic carbocycles. The Morgan fingerprint density at radius 2 is 2.12 bits per heavy atom. The number of esters is 1. The van der Waals surface area contributed by atoms with Crippen molar-refractivity contribution >= 4 is 27.6 Å². The first-order chi connectivity index (χ1) is 7.70. The van der Waals surface area contributed by atoms with Gasteiger partial charge >= 0.3 is 11.7 Å². The lowest BCUT2D eigenvalue weighted by Gasteiger charge is -2.19. The largest absolute Gasteiger partial charge is 0.456 e. The van der Waals surface area contributed by atoms with E-state index < -0.39 is 16.5 Å². The highest BCUT2D eigenvalue weighted by Gasteiger charge is 2.26. The van der Waals surface area contributed by atoms with E-state index >= 15 is 0 Å². The van der Waals surface area contributed by atoms with Crippen molar-refractivity contribution in [2.24, 2.45) is 0 Å². The maximum Gasteiger partial charge on any atom is 0.345 e. The Bertz CT molecular complexity index is 468. The normalized spacial score (nSPS) is 11.1. The van der Waals surface area contributed by atoms with E-state index in [0.717, 1.165) is 6.20 Å². The van der Waals surface area contributed by atoms with Crippen LogP contribution >= 0.6 is 15.9 Å². The van der Waals surface area contributed by atoms with Crippen LogP contribution in [0.5, 0.6) is 0 Å². The zero-order valence-corrected chi connectivity index (χ0v) is 11.1. The first-order valence-corrected chi connectivity index (χ1v) is 5.53. The molecule has 0 amide bonds. The second-order valence-electron chi connectivity index (χ2n) is 4.28. The third-order valence-corrected chi connectivity index (χ3v) is 2.10. The number of hydrogen-bond acceptors (Lipinski definition) is 5. The molecule has 0 bridgehead atoms. The molecule has 7 heteroatoms. The molecule has 0 aliphatic carbocycles. The van der Waals surface area contributed by atoms with E-state index in [1.807, 2.05) is 0 Å². The molecular weight excluding hydrogens is 292 g/mol. The first kappa shape index (κ1) is 13.6. The zero-order chi connectivity index (χ0) is 13.2. The lowest BCUT2D eigenvalue weighted by Crippen LogP contribution is -2.24. The Morgan fingerprint density at radius 3 is 2.59 bits per heavy atom. The molecule has 0 saturated carbocycles. The number of hydrogen-bond donors (Lipinski definition) is 0. The minimum absolute atomic E-state index is 0.119. The highest BCUT2D eigenvalue weighted by molar-refractivity contribution is 9.10. The van der Waals surface area contributed by atoms with Gasteiger partial charge in [0.2, 0.25) is 0 Å². The molecule has 0 atom stereocenters. The fourth-order valence-corrected chi connectivity index (χ4v) is 1.40. The highest BCUT2D eigenvalue weighted by atomic mass is 79.9. The third-order valence-electron chi connectivity index (χ3n) is 1.67. The van der Waals surface area contributed by atoms with Crippen LogP contribution in [0.25, 0.3) is 0 Å². The molecule has 0 radical (unpaired) electrons. The maximum atomic E-state index is 11.8. The Hall–Kier alpha value is -1.50. The number of ether oxygens (including phenoxy) is 1. The summed E-state index contributed by atoms with van der Waals surface area (Å²) < 4.78 is 5.41. The number of aromatic nitrogens is 1. The molecule has 0 fully saturated rings. The number of halogens is 1. The van der Waals surface area contributed by atoms with Crippen LogP contribution in [-0.4, -0.2) is 21.5 Å². The second-order valence-corrected chi connectivity index (χ2v) is 5.10. The summed E-state index contributed by atoms with van der Waals surface area (Å²) in [6, 6.07) is 1.27. The summed E-state index contributed by atoms with van der Waals surface area (Å²) >= 11 is 3.05. The number of carbonyl (C=O) groups is 1. The van der Waals surface area contributed by atoms with Crippen LogP contribution < -0.4 is 0 Å². The van der Waals surface area contributed by atoms with E-state index in [4.69, 9.17) is 4.74 Å². The van der Waals surface area contributed by atoms with Gasteiger partial charge in [0.05, 0.1) is 4.92 Å². The number of pyridine rings is 1. The van der Waals surface area contributed by atoms with E-state index in [0.29, 0.717) is 4.60 Å². The topological polar surface area (TPSA) is 82.3 Å². The number of nitro groups is 1. The molecule has 6 nitrogen and oxygen atoms in total. The van der Waals surface area contributed by atoms with Crippen LogP contribution in [-0.2, 0) is 4.74 Å². The Morgan fingerprint density at radius 1 is 1.53 bits per heavy atom. The van der Waals surface area contributed by atoms with Crippen molar-refractivity contribution in [2.75, 3.05) is 0 Å².